The molecule has 1 saturated heterocycles. The Bertz CT molecular complexity index is 873. The molecule has 31 heavy (non-hydrogen) atoms. The molecular formula is C24H33N3O4. The Morgan fingerprint density at radius 3 is 2.61 bits per heavy atom. The fourth-order valence-corrected chi connectivity index (χ4v) is 3.63. The van der Waals surface area contributed by atoms with Gasteiger partial charge in [0, 0.05) is 24.9 Å². The van der Waals surface area contributed by atoms with E-state index < -0.39 is 0 Å². The van der Waals surface area contributed by atoms with Gasteiger partial charge < -0.3 is 24.3 Å². The van der Waals surface area contributed by atoms with Crippen LogP contribution in [0.5, 0.6) is 0 Å². The maximum Gasteiger partial charge on any atom is 0.322 e. The third-order valence-corrected chi connectivity index (χ3v) is 5.68. The predicted molar refractivity (Wildman–Crippen MR) is 120 cm³/mol. The molecule has 0 bridgehead atoms. The van der Waals surface area contributed by atoms with E-state index in [1.165, 1.54) is 0 Å². The molecule has 0 radical (unpaired) electrons. The number of anilines is 1. The lowest BCUT2D eigenvalue weighted by Crippen LogP contribution is -2.48. The lowest BCUT2D eigenvalue weighted by molar-refractivity contribution is -0.134. The average Bonchev–Trinajstić information content (AvgIpc) is 3.42. The predicted octanol–water partition coefficient (Wildman–Crippen LogP) is 4.35. The summed E-state index contributed by atoms with van der Waals surface area (Å²) in [5.74, 6) is 0.581. The van der Waals surface area contributed by atoms with E-state index in [1.54, 1.807) is 16.1 Å². The van der Waals surface area contributed by atoms with Crippen LogP contribution in [0.4, 0.5) is 10.5 Å². The lowest BCUT2D eigenvalue weighted by Gasteiger charge is -2.31. The average molecular weight is 428 g/mol. The fourth-order valence-electron chi connectivity index (χ4n) is 3.63. The van der Waals surface area contributed by atoms with Crippen LogP contribution in [-0.2, 0) is 16.1 Å². The van der Waals surface area contributed by atoms with Gasteiger partial charge >= 0.3 is 6.03 Å². The molecule has 0 aliphatic carbocycles. The molecule has 3 rings (SSSR count). The van der Waals surface area contributed by atoms with Gasteiger partial charge in [-0.1, -0.05) is 6.07 Å². The molecule has 0 spiro atoms. The zero-order valence-corrected chi connectivity index (χ0v) is 18.9. The fraction of sp³-hybridized carbons (Fsp3) is 0.500. The van der Waals surface area contributed by atoms with Crippen LogP contribution in [0.15, 0.2) is 41.0 Å². The van der Waals surface area contributed by atoms with E-state index in [-0.39, 0.29) is 30.6 Å². The van der Waals surface area contributed by atoms with E-state index in [4.69, 9.17) is 9.15 Å². The first kappa shape index (κ1) is 22.9. The second-order valence-electron chi connectivity index (χ2n) is 8.44. The molecule has 7 heteroatoms. The number of hydrogen-bond donors (Lipinski definition) is 1. The van der Waals surface area contributed by atoms with Gasteiger partial charge in [-0.15, -0.1) is 0 Å². The minimum Gasteiger partial charge on any atom is -0.467 e. The van der Waals surface area contributed by atoms with Crippen LogP contribution in [0.3, 0.4) is 0 Å². The van der Waals surface area contributed by atoms with Crippen molar-refractivity contribution in [1.29, 1.82) is 0 Å². The van der Waals surface area contributed by atoms with E-state index in [2.05, 4.69) is 5.32 Å². The van der Waals surface area contributed by atoms with Crippen LogP contribution in [-0.4, -0.2) is 53.6 Å². The number of carbonyl (C=O) groups excluding carboxylic acids is 2. The summed E-state index contributed by atoms with van der Waals surface area (Å²) in [6, 6.07) is 9.02. The first-order chi connectivity index (χ1) is 14.8. The normalized spacial score (nSPS) is 15.8. The number of nitrogens with one attached hydrogen (secondary N) is 1. The number of urea groups is 1. The molecule has 1 N–H and O–H groups in total. The summed E-state index contributed by atoms with van der Waals surface area (Å²) in [7, 11) is 0. The lowest BCUT2D eigenvalue weighted by atomic mass is 10.1. The maximum absolute atomic E-state index is 13.2. The SMILES string of the molecule is Cc1ccc(NC(=O)N(CC(=O)N(Cc2ccco2)CC2CCCO2)C(C)C)cc1C. The summed E-state index contributed by atoms with van der Waals surface area (Å²) in [6.45, 7) is 9.41. The van der Waals surface area contributed by atoms with E-state index in [9.17, 15) is 9.59 Å². The van der Waals surface area contributed by atoms with Crippen molar-refractivity contribution < 1.29 is 18.7 Å². The van der Waals surface area contributed by atoms with E-state index in [1.807, 2.05) is 58.0 Å². The Morgan fingerprint density at radius 1 is 1.19 bits per heavy atom. The third-order valence-electron chi connectivity index (χ3n) is 5.68. The van der Waals surface area contributed by atoms with Crippen molar-refractivity contribution in [1.82, 2.24) is 9.80 Å². The van der Waals surface area contributed by atoms with Crippen molar-refractivity contribution in [2.45, 2.75) is 59.2 Å². The van der Waals surface area contributed by atoms with Crippen LogP contribution in [0.2, 0.25) is 0 Å². The summed E-state index contributed by atoms with van der Waals surface area (Å²) in [4.78, 5) is 29.5. The number of amides is 3. The largest absolute Gasteiger partial charge is 0.467 e. The molecule has 1 atom stereocenters. The Morgan fingerprint density at radius 2 is 2.00 bits per heavy atom. The van der Waals surface area contributed by atoms with Gasteiger partial charge in [-0.25, -0.2) is 4.79 Å². The molecule has 1 fully saturated rings. The summed E-state index contributed by atoms with van der Waals surface area (Å²) in [6.07, 6.45) is 3.56. The molecule has 0 saturated carbocycles. The summed E-state index contributed by atoms with van der Waals surface area (Å²) >= 11 is 0. The Kier molecular flexibility index (Phi) is 7.74. The first-order valence-electron chi connectivity index (χ1n) is 10.9. The molecule has 2 heterocycles. The Hall–Kier alpha value is -2.80. The van der Waals surface area contributed by atoms with Crippen LogP contribution in [0.25, 0.3) is 0 Å². The van der Waals surface area contributed by atoms with Gasteiger partial charge in [-0.2, -0.15) is 0 Å². The number of nitrogens with zero attached hydrogens (tertiary/aromatic N) is 2. The van der Waals surface area contributed by atoms with Gasteiger partial charge in [0.25, 0.3) is 0 Å². The Labute approximate surface area is 184 Å². The minimum absolute atomic E-state index is 0.0121. The molecular weight excluding hydrogens is 394 g/mol. The van der Waals surface area contributed by atoms with Crippen molar-refractivity contribution in [2.24, 2.45) is 0 Å². The van der Waals surface area contributed by atoms with Crippen molar-refractivity contribution >= 4 is 17.6 Å². The highest BCUT2D eigenvalue weighted by Crippen LogP contribution is 2.18. The second kappa shape index (κ2) is 10.5. The number of rotatable bonds is 8. The smallest absolute Gasteiger partial charge is 0.322 e. The molecule has 1 unspecified atom stereocenters. The highest BCUT2D eigenvalue weighted by molar-refractivity contribution is 5.92. The highest BCUT2D eigenvalue weighted by Gasteiger charge is 2.27. The van der Waals surface area contributed by atoms with E-state index in [0.29, 0.717) is 18.8 Å². The van der Waals surface area contributed by atoms with Gasteiger partial charge in [-0.3, -0.25) is 4.79 Å². The van der Waals surface area contributed by atoms with E-state index >= 15 is 0 Å². The van der Waals surface area contributed by atoms with Crippen LogP contribution >= 0.6 is 0 Å². The zero-order chi connectivity index (χ0) is 22.4. The molecule has 7 nitrogen and oxygen atoms in total. The number of aryl methyl sites for hydroxylation is 2. The standard InChI is InChI=1S/C24H33N3O4/c1-17(2)27(24(29)25-20-10-9-18(3)19(4)13-20)16-23(28)26(14-21-7-5-11-30-21)15-22-8-6-12-31-22/h5,7,9-11,13,17,22H,6,8,12,14-16H2,1-4H3,(H,25,29). The molecule has 1 aromatic carbocycles. The van der Waals surface area contributed by atoms with Gasteiger partial charge in [0.05, 0.1) is 18.9 Å². The van der Waals surface area contributed by atoms with Crippen LogP contribution in [0, 0.1) is 13.8 Å². The molecule has 168 valence electrons. The molecule has 1 aliphatic heterocycles. The minimum atomic E-state index is -0.290. The van der Waals surface area contributed by atoms with Crippen LogP contribution < -0.4 is 5.32 Å². The van der Waals surface area contributed by atoms with Gasteiger partial charge in [-0.05, 0) is 75.9 Å². The maximum atomic E-state index is 13.2. The van der Waals surface area contributed by atoms with Crippen molar-refractivity contribution in [3.05, 3.63) is 53.5 Å². The number of furan rings is 1. The topological polar surface area (TPSA) is 75.0 Å². The summed E-state index contributed by atoms with van der Waals surface area (Å²) < 4.78 is 11.2. The van der Waals surface area contributed by atoms with Crippen molar-refractivity contribution in [3.63, 3.8) is 0 Å². The quantitative estimate of drug-likeness (QED) is 0.680. The third kappa shape index (κ3) is 6.34. The van der Waals surface area contributed by atoms with Crippen molar-refractivity contribution in [3.8, 4) is 0 Å². The van der Waals surface area contributed by atoms with Gasteiger partial charge in [0.2, 0.25) is 5.91 Å². The number of benzene rings is 1. The van der Waals surface area contributed by atoms with Crippen molar-refractivity contribution in [2.75, 3.05) is 25.0 Å². The number of hydrogen-bond acceptors (Lipinski definition) is 4. The number of carbonyl (C=O) groups is 2. The molecule has 3 amide bonds. The molecule has 1 aromatic heterocycles. The molecule has 1 aliphatic rings. The second-order valence-corrected chi connectivity index (χ2v) is 8.44. The van der Waals surface area contributed by atoms with Gasteiger partial charge in [0.15, 0.2) is 0 Å². The number of ether oxygens (including phenoxy) is 1. The summed E-state index contributed by atoms with van der Waals surface area (Å²) in [5.41, 5.74) is 2.99. The first-order valence-corrected chi connectivity index (χ1v) is 10.9. The zero-order valence-electron chi connectivity index (χ0n) is 18.9. The highest BCUT2D eigenvalue weighted by atomic mass is 16.5. The van der Waals surface area contributed by atoms with Gasteiger partial charge in [0.1, 0.15) is 12.3 Å². The monoisotopic (exact) mass is 427 g/mol. The summed E-state index contributed by atoms with van der Waals surface area (Å²) in [5, 5.41) is 2.93. The molecule has 2 aromatic rings. The van der Waals surface area contributed by atoms with E-state index in [0.717, 1.165) is 36.3 Å². The van der Waals surface area contributed by atoms with Crippen LogP contribution in [0.1, 0.15) is 43.6 Å². The Balaban J connectivity index is 1.69.